The zero-order chi connectivity index (χ0) is 32.8. The molecule has 8 aromatic carbocycles. The Hall–Kier alpha value is -5.94. The van der Waals surface area contributed by atoms with Crippen LogP contribution in [0.15, 0.2) is 168 Å². The van der Waals surface area contributed by atoms with Gasteiger partial charge in [-0.25, -0.2) is 0 Å². The molecule has 0 atom stereocenters. The summed E-state index contributed by atoms with van der Waals surface area (Å²) in [5.41, 5.74) is 7.78. The van der Waals surface area contributed by atoms with E-state index in [2.05, 4.69) is 169 Å². The van der Waals surface area contributed by atoms with Gasteiger partial charge in [0.1, 0.15) is 11.2 Å². The van der Waals surface area contributed by atoms with Gasteiger partial charge in [-0.3, -0.25) is 0 Å². The molecule has 0 unspecified atom stereocenters. The maximum absolute atomic E-state index is 6.63. The number of hydrogen-bond acceptors (Lipinski definition) is 4. The molecule has 4 heteroatoms. The second kappa shape index (κ2) is 10.8. The first-order chi connectivity index (χ1) is 24.8. The van der Waals surface area contributed by atoms with Gasteiger partial charge in [-0.2, -0.15) is 0 Å². The number of thiophene rings is 2. The molecule has 50 heavy (non-hydrogen) atoms. The molecule has 2 nitrogen and oxygen atoms in total. The first kappa shape index (κ1) is 28.0. The lowest BCUT2D eigenvalue weighted by molar-refractivity contribution is 0.673. The topological polar surface area (TPSA) is 16.4 Å². The molecule has 3 heterocycles. The van der Waals surface area contributed by atoms with Crippen molar-refractivity contribution in [3.05, 3.63) is 164 Å². The lowest BCUT2D eigenvalue weighted by Crippen LogP contribution is -2.10. The van der Waals surface area contributed by atoms with Gasteiger partial charge in [-0.1, -0.05) is 109 Å². The molecule has 11 rings (SSSR count). The first-order valence-corrected chi connectivity index (χ1v) is 18.5. The van der Waals surface area contributed by atoms with Gasteiger partial charge in [-0.15, -0.1) is 22.7 Å². The van der Waals surface area contributed by atoms with Crippen molar-refractivity contribution in [1.29, 1.82) is 0 Å². The van der Waals surface area contributed by atoms with E-state index in [0.717, 1.165) is 27.6 Å². The highest BCUT2D eigenvalue weighted by atomic mass is 32.1. The molecule has 3 aromatic heterocycles. The molecular weight excluding hydrogens is 647 g/mol. The van der Waals surface area contributed by atoms with Crippen LogP contribution in [0, 0.1) is 0 Å². The molecule has 0 aliphatic heterocycles. The van der Waals surface area contributed by atoms with Crippen molar-refractivity contribution in [3.8, 4) is 11.1 Å². The van der Waals surface area contributed by atoms with E-state index in [1.165, 1.54) is 73.6 Å². The minimum Gasteiger partial charge on any atom is -0.455 e. The van der Waals surface area contributed by atoms with Crippen LogP contribution in [-0.2, 0) is 0 Å². The van der Waals surface area contributed by atoms with Crippen LogP contribution in [0.25, 0.3) is 84.2 Å². The zero-order valence-electron chi connectivity index (χ0n) is 26.8. The van der Waals surface area contributed by atoms with Gasteiger partial charge in [0.25, 0.3) is 0 Å². The van der Waals surface area contributed by atoms with Crippen LogP contribution in [0.2, 0.25) is 0 Å². The normalized spacial score (nSPS) is 12.0. The van der Waals surface area contributed by atoms with Gasteiger partial charge >= 0.3 is 0 Å². The fraction of sp³-hybridized carbons (Fsp3) is 0. The van der Waals surface area contributed by atoms with Crippen LogP contribution in [0.5, 0.6) is 0 Å². The van der Waals surface area contributed by atoms with E-state index in [-0.39, 0.29) is 0 Å². The first-order valence-electron chi connectivity index (χ1n) is 16.8. The van der Waals surface area contributed by atoms with Crippen molar-refractivity contribution in [2.24, 2.45) is 0 Å². The van der Waals surface area contributed by atoms with Crippen molar-refractivity contribution in [2.75, 3.05) is 4.90 Å². The second-order valence-corrected chi connectivity index (χ2v) is 15.0. The van der Waals surface area contributed by atoms with E-state index < -0.39 is 0 Å². The van der Waals surface area contributed by atoms with E-state index in [0.29, 0.717) is 0 Å². The minimum absolute atomic E-state index is 0.928. The summed E-state index contributed by atoms with van der Waals surface area (Å²) < 4.78 is 11.7. The summed E-state index contributed by atoms with van der Waals surface area (Å²) in [5.74, 6) is 0. The second-order valence-electron chi connectivity index (χ2n) is 12.8. The van der Waals surface area contributed by atoms with Crippen LogP contribution in [-0.4, -0.2) is 0 Å². The lowest BCUT2D eigenvalue weighted by atomic mass is 10.0. The Balaban J connectivity index is 1.20. The van der Waals surface area contributed by atoms with Gasteiger partial charge in [0, 0.05) is 57.5 Å². The Bertz CT molecular complexity index is 3090. The summed E-state index contributed by atoms with van der Waals surface area (Å²) in [6.45, 7) is 0. The summed E-state index contributed by atoms with van der Waals surface area (Å²) in [4.78, 5) is 2.48. The van der Waals surface area contributed by atoms with Crippen molar-refractivity contribution in [1.82, 2.24) is 0 Å². The third kappa shape index (κ3) is 4.07. The number of anilines is 3. The summed E-state index contributed by atoms with van der Waals surface area (Å²) in [6, 6.07) is 59.3. The molecule has 0 spiro atoms. The van der Waals surface area contributed by atoms with E-state index in [4.69, 9.17) is 4.42 Å². The Morgan fingerprint density at radius 2 is 1.10 bits per heavy atom. The molecule has 0 fully saturated rings. The molecule has 0 aliphatic carbocycles. The quantitative estimate of drug-likeness (QED) is 0.185. The fourth-order valence-electron chi connectivity index (χ4n) is 7.83. The molecule has 0 saturated heterocycles. The summed E-state index contributed by atoms with van der Waals surface area (Å²) in [7, 11) is 0. The monoisotopic (exact) mass is 673 g/mol. The highest BCUT2D eigenvalue weighted by molar-refractivity contribution is 7.27. The van der Waals surface area contributed by atoms with Gasteiger partial charge < -0.3 is 9.32 Å². The van der Waals surface area contributed by atoms with E-state index in [1.54, 1.807) is 0 Å². The largest absolute Gasteiger partial charge is 0.455 e. The van der Waals surface area contributed by atoms with Gasteiger partial charge in [0.2, 0.25) is 0 Å². The fourth-order valence-corrected chi connectivity index (χ4v) is 10.2. The van der Waals surface area contributed by atoms with Crippen molar-refractivity contribution >= 4 is 113 Å². The van der Waals surface area contributed by atoms with Gasteiger partial charge in [0.05, 0.1) is 16.1 Å². The summed E-state index contributed by atoms with van der Waals surface area (Å²) in [5, 5.41) is 9.78. The average Bonchev–Trinajstić information content (AvgIpc) is 3.87. The van der Waals surface area contributed by atoms with E-state index in [9.17, 15) is 0 Å². The maximum Gasteiger partial charge on any atom is 0.143 e. The number of rotatable bonds is 4. The van der Waals surface area contributed by atoms with Crippen LogP contribution in [0.4, 0.5) is 17.1 Å². The zero-order valence-corrected chi connectivity index (χ0v) is 28.4. The minimum atomic E-state index is 0.928. The summed E-state index contributed by atoms with van der Waals surface area (Å²) in [6.07, 6.45) is 0. The highest BCUT2D eigenvalue weighted by Crippen LogP contribution is 2.51. The number of benzene rings is 8. The lowest BCUT2D eigenvalue weighted by Gasteiger charge is -2.27. The Morgan fingerprint density at radius 1 is 0.400 bits per heavy atom. The van der Waals surface area contributed by atoms with Crippen LogP contribution in [0.1, 0.15) is 0 Å². The molecule has 0 aliphatic rings. The molecule has 234 valence electrons. The van der Waals surface area contributed by atoms with Crippen molar-refractivity contribution in [3.63, 3.8) is 0 Å². The Kier molecular flexibility index (Phi) is 6.03. The smallest absolute Gasteiger partial charge is 0.143 e. The molecule has 0 amide bonds. The predicted octanol–water partition coefficient (Wildman–Crippen LogP) is 14.6. The third-order valence-electron chi connectivity index (χ3n) is 10.1. The van der Waals surface area contributed by atoms with Gasteiger partial charge in [-0.05, 0) is 71.1 Å². The SMILES string of the molecule is c1ccc(-c2ccc(N(c3cccc4c3sc3ccc5oc6c7ccccc7ccc6c5c34)c3cccc4sc5ccccc5c34)cc2)cc1. The number of nitrogens with zero attached hydrogens (tertiary/aromatic N) is 1. The molecule has 0 N–H and O–H groups in total. The number of hydrogen-bond donors (Lipinski definition) is 0. The summed E-state index contributed by atoms with van der Waals surface area (Å²) >= 11 is 3.73. The maximum atomic E-state index is 6.63. The van der Waals surface area contributed by atoms with Crippen LogP contribution < -0.4 is 4.90 Å². The van der Waals surface area contributed by atoms with Crippen molar-refractivity contribution < 1.29 is 4.42 Å². The predicted molar refractivity (Wildman–Crippen MR) is 217 cm³/mol. The van der Waals surface area contributed by atoms with E-state index >= 15 is 0 Å². The number of fused-ring (bicyclic) bond motifs is 12. The molecule has 0 bridgehead atoms. The molecule has 11 aromatic rings. The Morgan fingerprint density at radius 3 is 2.00 bits per heavy atom. The van der Waals surface area contributed by atoms with Crippen LogP contribution >= 0.6 is 22.7 Å². The molecule has 0 radical (unpaired) electrons. The molecule has 0 saturated carbocycles. The van der Waals surface area contributed by atoms with Crippen molar-refractivity contribution in [2.45, 2.75) is 0 Å². The average molecular weight is 674 g/mol. The Labute approximate surface area is 295 Å². The third-order valence-corrected chi connectivity index (χ3v) is 12.4. The standard InChI is InChI=1S/C46H27NOS2/c1-2-10-28(11-3-1)29-20-23-31(24-21-29)47(36-16-9-19-40-42(36)33-14-6-7-18-39(33)49-40)37-17-8-15-35-44-41(50-46(35)37)27-26-38-43(44)34-25-22-30-12-4-5-13-32(30)45(34)48-38/h1-27H. The highest BCUT2D eigenvalue weighted by Gasteiger charge is 2.23. The molecular formula is C46H27NOS2. The van der Waals surface area contributed by atoms with Gasteiger partial charge in [0.15, 0.2) is 0 Å². The van der Waals surface area contributed by atoms with Crippen LogP contribution in [0.3, 0.4) is 0 Å². The van der Waals surface area contributed by atoms with E-state index in [1.807, 2.05) is 22.7 Å². The number of furan rings is 1.